The number of primary amides is 1. The van der Waals surface area contributed by atoms with Crippen LogP contribution in [0.2, 0.25) is 0 Å². The van der Waals surface area contributed by atoms with Gasteiger partial charge in [0.25, 0.3) is 0 Å². The summed E-state index contributed by atoms with van der Waals surface area (Å²) in [6, 6.07) is 7.55. The number of amides is 1. The number of aromatic nitrogens is 2. The molecule has 0 bridgehead atoms. The average molecular weight is 219 g/mol. The number of rotatable bonds is 2. The molecule has 0 radical (unpaired) electrons. The third-order valence-corrected chi connectivity index (χ3v) is 2.33. The van der Waals surface area contributed by atoms with Crippen LogP contribution in [0.3, 0.4) is 0 Å². The number of nitrogens with one attached hydrogen (secondary N) is 1. The summed E-state index contributed by atoms with van der Waals surface area (Å²) in [5, 5.41) is 0.876. The topological polar surface area (TPSA) is 71.8 Å². The highest BCUT2D eigenvalue weighted by Crippen LogP contribution is 2.11. The number of nitrogens with two attached hydrogens (primary N) is 1. The zero-order valence-electron chi connectivity index (χ0n) is 7.86. The van der Waals surface area contributed by atoms with Crippen molar-refractivity contribution in [2.24, 2.45) is 5.73 Å². The van der Waals surface area contributed by atoms with E-state index >= 15 is 0 Å². The minimum absolute atomic E-state index is 0.0779. The number of aromatic amines is 1. The van der Waals surface area contributed by atoms with E-state index in [1.54, 1.807) is 0 Å². The molecule has 1 aromatic heterocycles. The van der Waals surface area contributed by atoms with Gasteiger partial charge in [0.05, 0.1) is 6.42 Å². The van der Waals surface area contributed by atoms with E-state index in [-0.39, 0.29) is 6.42 Å². The number of hydrogen-bond acceptors (Lipinski definition) is 3. The first kappa shape index (κ1) is 9.79. The van der Waals surface area contributed by atoms with Crippen LogP contribution in [0.15, 0.2) is 24.3 Å². The molecule has 1 heterocycles. The molecule has 1 aromatic carbocycles. The van der Waals surface area contributed by atoms with Crippen LogP contribution in [-0.2, 0) is 11.2 Å². The van der Waals surface area contributed by atoms with Gasteiger partial charge in [-0.2, -0.15) is 0 Å². The maximum absolute atomic E-state index is 10.7. The second-order valence-corrected chi connectivity index (χ2v) is 3.56. The van der Waals surface area contributed by atoms with E-state index in [0.717, 1.165) is 10.9 Å². The number of para-hydroxylation sites is 1. The molecule has 0 spiro atoms. The van der Waals surface area contributed by atoms with Crippen LogP contribution in [-0.4, -0.2) is 15.9 Å². The number of carbonyl (C=O) groups is 1. The second-order valence-electron chi connectivity index (χ2n) is 3.18. The van der Waals surface area contributed by atoms with Gasteiger partial charge in [-0.05, 0) is 12.1 Å². The standard InChI is InChI=1S/C10H9N3OS/c11-8(14)5-9-12-7-4-2-1-3-6(7)10(15)13-9/h1-4H,5H2,(H2,11,14)(H,12,13,15). The number of fused-ring (bicyclic) bond motifs is 1. The summed E-state index contributed by atoms with van der Waals surface area (Å²) >= 11 is 5.11. The Morgan fingerprint density at radius 3 is 2.93 bits per heavy atom. The fourth-order valence-corrected chi connectivity index (χ4v) is 1.68. The smallest absolute Gasteiger partial charge is 0.225 e. The van der Waals surface area contributed by atoms with Crippen LogP contribution >= 0.6 is 12.2 Å². The highest BCUT2D eigenvalue weighted by molar-refractivity contribution is 7.71. The molecule has 0 saturated heterocycles. The maximum atomic E-state index is 10.7. The molecule has 4 nitrogen and oxygen atoms in total. The lowest BCUT2D eigenvalue weighted by Gasteiger charge is -2.01. The van der Waals surface area contributed by atoms with Crippen LogP contribution in [0, 0.1) is 4.64 Å². The number of benzene rings is 1. The predicted octanol–water partition coefficient (Wildman–Crippen LogP) is 1.32. The highest BCUT2D eigenvalue weighted by atomic mass is 32.1. The largest absolute Gasteiger partial charge is 0.369 e. The number of hydrogen-bond donors (Lipinski definition) is 2. The van der Waals surface area contributed by atoms with Gasteiger partial charge < -0.3 is 10.7 Å². The second kappa shape index (κ2) is 3.78. The lowest BCUT2D eigenvalue weighted by molar-refractivity contribution is -0.117. The fraction of sp³-hybridized carbons (Fsp3) is 0.100. The van der Waals surface area contributed by atoms with E-state index in [2.05, 4.69) is 9.97 Å². The van der Waals surface area contributed by atoms with Crippen molar-refractivity contribution in [1.29, 1.82) is 0 Å². The van der Waals surface area contributed by atoms with E-state index in [1.807, 2.05) is 24.3 Å². The number of nitrogens with zero attached hydrogens (tertiary/aromatic N) is 1. The monoisotopic (exact) mass is 219 g/mol. The lowest BCUT2D eigenvalue weighted by atomic mass is 10.2. The van der Waals surface area contributed by atoms with Crippen LogP contribution in [0.1, 0.15) is 5.82 Å². The Morgan fingerprint density at radius 2 is 2.20 bits per heavy atom. The van der Waals surface area contributed by atoms with Crippen molar-refractivity contribution in [3.8, 4) is 0 Å². The first-order valence-corrected chi connectivity index (χ1v) is 4.84. The molecule has 15 heavy (non-hydrogen) atoms. The Kier molecular flexibility index (Phi) is 2.47. The predicted molar refractivity (Wildman–Crippen MR) is 59.8 cm³/mol. The van der Waals surface area contributed by atoms with Gasteiger partial charge in [-0.1, -0.05) is 24.4 Å². The van der Waals surface area contributed by atoms with Crippen molar-refractivity contribution in [3.05, 3.63) is 34.7 Å². The summed E-state index contributed by atoms with van der Waals surface area (Å²) in [6.07, 6.45) is 0.0779. The van der Waals surface area contributed by atoms with Crippen LogP contribution in [0.5, 0.6) is 0 Å². The Balaban J connectivity index is 2.62. The molecule has 0 aliphatic carbocycles. The van der Waals surface area contributed by atoms with E-state index < -0.39 is 5.91 Å². The zero-order valence-corrected chi connectivity index (χ0v) is 8.67. The van der Waals surface area contributed by atoms with Gasteiger partial charge in [0.2, 0.25) is 5.91 Å². The van der Waals surface area contributed by atoms with Crippen LogP contribution in [0.25, 0.3) is 10.9 Å². The van der Waals surface area contributed by atoms with Gasteiger partial charge in [0.1, 0.15) is 10.5 Å². The van der Waals surface area contributed by atoms with Crippen molar-refractivity contribution < 1.29 is 4.79 Å². The molecule has 0 saturated carbocycles. The first-order chi connectivity index (χ1) is 7.16. The van der Waals surface area contributed by atoms with Crippen molar-refractivity contribution in [2.45, 2.75) is 6.42 Å². The van der Waals surface area contributed by atoms with Gasteiger partial charge in [-0.25, -0.2) is 4.98 Å². The van der Waals surface area contributed by atoms with Crippen LogP contribution in [0.4, 0.5) is 0 Å². The third kappa shape index (κ3) is 2.02. The molecule has 0 aliphatic heterocycles. The number of H-pyrrole nitrogens is 1. The quantitative estimate of drug-likeness (QED) is 0.748. The van der Waals surface area contributed by atoms with Gasteiger partial charge in [-0.3, -0.25) is 4.79 Å². The Morgan fingerprint density at radius 1 is 1.47 bits per heavy atom. The van der Waals surface area contributed by atoms with E-state index in [0.29, 0.717) is 10.5 Å². The SMILES string of the molecule is NC(=O)Cc1nc(=S)c2ccccc2[nH]1. The summed E-state index contributed by atoms with van der Waals surface area (Å²) < 4.78 is 0.487. The molecule has 76 valence electrons. The van der Waals surface area contributed by atoms with Crippen LogP contribution < -0.4 is 5.73 Å². The van der Waals surface area contributed by atoms with Crippen molar-refractivity contribution in [1.82, 2.24) is 9.97 Å². The fourth-order valence-electron chi connectivity index (χ4n) is 1.39. The normalized spacial score (nSPS) is 10.4. The summed E-state index contributed by atoms with van der Waals surface area (Å²) in [7, 11) is 0. The molecule has 0 atom stereocenters. The van der Waals surface area contributed by atoms with Gasteiger partial charge in [-0.15, -0.1) is 0 Å². The summed E-state index contributed by atoms with van der Waals surface area (Å²) in [5.41, 5.74) is 5.95. The first-order valence-electron chi connectivity index (χ1n) is 4.43. The molecular weight excluding hydrogens is 210 g/mol. The van der Waals surface area contributed by atoms with Gasteiger partial charge in [0, 0.05) is 10.9 Å². The molecule has 3 N–H and O–H groups in total. The third-order valence-electron chi connectivity index (χ3n) is 2.01. The molecule has 5 heteroatoms. The Bertz CT molecular complexity index is 576. The van der Waals surface area contributed by atoms with Crippen molar-refractivity contribution >= 4 is 29.0 Å². The van der Waals surface area contributed by atoms with Gasteiger partial charge in [0.15, 0.2) is 0 Å². The minimum atomic E-state index is -0.427. The molecule has 0 unspecified atom stereocenters. The summed E-state index contributed by atoms with van der Waals surface area (Å²) in [5.74, 6) is 0.0784. The molecular formula is C10H9N3OS. The average Bonchev–Trinajstić information content (AvgIpc) is 2.16. The molecule has 2 rings (SSSR count). The summed E-state index contributed by atoms with van der Waals surface area (Å²) in [4.78, 5) is 17.9. The highest BCUT2D eigenvalue weighted by Gasteiger charge is 2.03. The van der Waals surface area contributed by atoms with Crippen molar-refractivity contribution in [3.63, 3.8) is 0 Å². The molecule has 0 fully saturated rings. The Hall–Kier alpha value is -1.75. The molecule has 2 aromatic rings. The number of carbonyl (C=O) groups excluding carboxylic acids is 1. The van der Waals surface area contributed by atoms with E-state index in [1.165, 1.54) is 0 Å². The van der Waals surface area contributed by atoms with E-state index in [9.17, 15) is 4.79 Å². The lowest BCUT2D eigenvalue weighted by Crippen LogP contribution is -2.15. The minimum Gasteiger partial charge on any atom is -0.369 e. The van der Waals surface area contributed by atoms with Crippen molar-refractivity contribution in [2.75, 3.05) is 0 Å². The Labute approximate surface area is 91.1 Å². The molecule has 1 amide bonds. The van der Waals surface area contributed by atoms with E-state index in [4.69, 9.17) is 18.0 Å². The summed E-state index contributed by atoms with van der Waals surface area (Å²) in [6.45, 7) is 0. The maximum Gasteiger partial charge on any atom is 0.225 e. The molecule has 0 aliphatic rings. The van der Waals surface area contributed by atoms with Gasteiger partial charge >= 0.3 is 0 Å². The zero-order chi connectivity index (χ0) is 10.8.